The molecule has 3 aliphatic carbocycles. The van der Waals surface area contributed by atoms with E-state index in [1.807, 2.05) is 70.2 Å². The van der Waals surface area contributed by atoms with E-state index in [1.165, 1.54) is 6.42 Å². The van der Waals surface area contributed by atoms with Crippen molar-refractivity contribution in [1.82, 2.24) is 4.90 Å². The third-order valence-corrected chi connectivity index (χ3v) is 10.7. The molecule has 2 aromatic carbocycles. The monoisotopic (exact) mass is 617 g/mol. The van der Waals surface area contributed by atoms with Gasteiger partial charge in [0, 0.05) is 13.0 Å². The van der Waals surface area contributed by atoms with Gasteiger partial charge in [-0.1, -0.05) is 50.2 Å². The van der Waals surface area contributed by atoms with Crippen molar-refractivity contribution < 1.29 is 33.1 Å². The summed E-state index contributed by atoms with van der Waals surface area (Å²) in [4.78, 5) is 28.0. The van der Waals surface area contributed by atoms with Crippen LogP contribution in [-0.4, -0.2) is 60.6 Å². The summed E-state index contributed by atoms with van der Waals surface area (Å²) < 4.78 is 30.9. The highest BCUT2D eigenvalue weighted by molar-refractivity contribution is 6.45. The molecule has 2 heterocycles. The molecule has 2 aliphatic heterocycles. The number of aryl methyl sites for hydroxylation is 1. The first-order valence-corrected chi connectivity index (χ1v) is 16.6. The molecule has 2 bridgehead atoms. The number of rotatable bonds is 8. The molecule has 0 spiro atoms. The van der Waals surface area contributed by atoms with Crippen molar-refractivity contribution >= 4 is 19.2 Å². The molecule has 5 atom stereocenters. The van der Waals surface area contributed by atoms with Gasteiger partial charge in [0.05, 0.1) is 18.2 Å². The lowest BCUT2D eigenvalue weighted by Crippen LogP contribution is -2.65. The predicted molar refractivity (Wildman–Crippen MR) is 172 cm³/mol. The van der Waals surface area contributed by atoms with Gasteiger partial charge in [-0.25, -0.2) is 9.59 Å². The number of hydrogen-bond donors (Lipinski definition) is 0. The van der Waals surface area contributed by atoms with Gasteiger partial charge < -0.3 is 28.4 Å². The SMILES string of the molecule is Cc1c(CCB2O[C@@H]3C[C@@H]4C[C@@H](C4(C)C)[C@]3(C)O2)ccc(O[C@@H]2CCN(C(=O)OCc3ccccc3)C2)c1C(=O)OC(C)(C)C. The molecule has 0 N–H and O–H groups in total. The number of esters is 1. The van der Waals surface area contributed by atoms with Crippen molar-refractivity contribution in [2.75, 3.05) is 13.1 Å². The second-order valence-corrected chi connectivity index (χ2v) is 15.2. The van der Waals surface area contributed by atoms with Crippen LogP contribution in [0.15, 0.2) is 42.5 Å². The summed E-state index contributed by atoms with van der Waals surface area (Å²) >= 11 is 0. The van der Waals surface area contributed by atoms with E-state index in [4.69, 9.17) is 23.5 Å². The van der Waals surface area contributed by atoms with Gasteiger partial charge in [-0.05, 0) is 100 Å². The van der Waals surface area contributed by atoms with E-state index < -0.39 is 11.6 Å². The summed E-state index contributed by atoms with van der Waals surface area (Å²) in [5.41, 5.74) is 2.66. The first-order chi connectivity index (χ1) is 21.2. The normalized spacial score (nSPS) is 28.3. The zero-order valence-corrected chi connectivity index (χ0v) is 27.9. The molecule has 9 heteroatoms. The maximum absolute atomic E-state index is 13.6. The molecule has 3 saturated carbocycles. The first kappa shape index (κ1) is 31.9. The van der Waals surface area contributed by atoms with Crippen LogP contribution >= 0.6 is 0 Å². The molecule has 8 nitrogen and oxygen atoms in total. The third-order valence-electron chi connectivity index (χ3n) is 10.7. The first-order valence-electron chi connectivity index (χ1n) is 16.6. The topological polar surface area (TPSA) is 83.5 Å². The molecule has 0 aromatic heterocycles. The number of ether oxygens (including phenoxy) is 3. The second kappa shape index (κ2) is 12.0. The van der Waals surface area contributed by atoms with Crippen LogP contribution in [0.1, 0.15) is 87.9 Å². The van der Waals surface area contributed by atoms with E-state index >= 15 is 0 Å². The lowest BCUT2D eigenvalue weighted by molar-refractivity contribution is -0.199. The summed E-state index contributed by atoms with van der Waals surface area (Å²) in [5.74, 6) is 1.29. The van der Waals surface area contributed by atoms with Crippen LogP contribution in [0.5, 0.6) is 5.75 Å². The van der Waals surface area contributed by atoms with Gasteiger partial charge >= 0.3 is 19.2 Å². The Balaban J connectivity index is 1.12. The molecule has 242 valence electrons. The van der Waals surface area contributed by atoms with Crippen molar-refractivity contribution in [3.63, 3.8) is 0 Å². The molecular formula is C36H48BNO7. The van der Waals surface area contributed by atoms with Gasteiger partial charge in [0.2, 0.25) is 0 Å². The van der Waals surface area contributed by atoms with E-state index in [0.29, 0.717) is 60.8 Å². The van der Waals surface area contributed by atoms with Crippen LogP contribution in [0, 0.1) is 24.2 Å². The smallest absolute Gasteiger partial charge is 0.457 e. The van der Waals surface area contributed by atoms with Gasteiger partial charge in [-0.3, -0.25) is 0 Å². The highest BCUT2D eigenvalue weighted by atomic mass is 16.7. The standard InChI is InChI=1S/C36H48BNO7/c1-23-25(15-17-37-44-30-20-26-19-29(35(26,5)6)36(30,7)45-37)13-14-28(31(23)32(39)43-34(2,3)4)42-27-16-18-38(21-27)33(40)41-22-24-11-9-8-10-12-24/h8-14,26-27,29-30H,15-22H2,1-7H3/t26-,27+,29-,30+,36-/m0/s1. The van der Waals surface area contributed by atoms with E-state index in [9.17, 15) is 9.59 Å². The second-order valence-electron chi connectivity index (χ2n) is 15.2. The van der Waals surface area contributed by atoms with E-state index in [2.05, 4.69) is 20.8 Å². The lowest BCUT2D eigenvalue weighted by atomic mass is 9.43. The lowest BCUT2D eigenvalue weighted by Gasteiger charge is -2.64. The zero-order valence-electron chi connectivity index (χ0n) is 27.9. The molecular weight excluding hydrogens is 569 g/mol. The Hall–Kier alpha value is -3.04. The maximum Gasteiger partial charge on any atom is 0.457 e. The molecule has 45 heavy (non-hydrogen) atoms. The summed E-state index contributed by atoms with van der Waals surface area (Å²) in [6.45, 7) is 15.7. The fourth-order valence-corrected chi connectivity index (χ4v) is 8.01. The Morgan fingerprint density at radius 1 is 1.07 bits per heavy atom. The number of carbonyl (C=O) groups is 2. The van der Waals surface area contributed by atoms with Crippen LogP contribution in [0.2, 0.25) is 6.32 Å². The fourth-order valence-electron chi connectivity index (χ4n) is 8.01. The van der Waals surface area contributed by atoms with Crippen molar-refractivity contribution in [2.45, 2.75) is 110 Å². The maximum atomic E-state index is 13.6. The van der Waals surface area contributed by atoms with Gasteiger partial charge in [-0.2, -0.15) is 0 Å². The molecule has 2 saturated heterocycles. The van der Waals surface area contributed by atoms with Gasteiger partial charge in [-0.15, -0.1) is 0 Å². The number of nitrogens with zero attached hydrogens (tertiary/aromatic N) is 1. The van der Waals surface area contributed by atoms with E-state index in [0.717, 1.165) is 23.1 Å². The summed E-state index contributed by atoms with van der Waals surface area (Å²) in [6.07, 6.45) is 3.87. The minimum Gasteiger partial charge on any atom is -0.488 e. The van der Waals surface area contributed by atoms with Crippen LogP contribution in [0.4, 0.5) is 4.79 Å². The van der Waals surface area contributed by atoms with Crippen LogP contribution in [0.25, 0.3) is 0 Å². The summed E-state index contributed by atoms with van der Waals surface area (Å²) in [6, 6.07) is 13.5. The number of hydrogen-bond acceptors (Lipinski definition) is 7. The quantitative estimate of drug-likeness (QED) is 0.233. The highest BCUT2D eigenvalue weighted by Gasteiger charge is 2.67. The van der Waals surface area contributed by atoms with Crippen molar-refractivity contribution in [2.24, 2.45) is 17.3 Å². The van der Waals surface area contributed by atoms with Gasteiger partial charge in [0.15, 0.2) is 0 Å². The van der Waals surface area contributed by atoms with Crippen LogP contribution in [-0.2, 0) is 31.8 Å². The predicted octanol–water partition coefficient (Wildman–Crippen LogP) is 7.01. The van der Waals surface area contributed by atoms with Crippen LogP contribution < -0.4 is 4.74 Å². The number of amides is 1. The minimum absolute atomic E-state index is 0.148. The third kappa shape index (κ3) is 6.35. The Morgan fingerprint density at radius 2 is 1.82 bits per heavy atom. The van der Waals surface area contributed by atoms with Crippen molar-refractivity contribution in [3.05, 3.63) is 64.7 Å². The van der Waals surface area contributed by atoms with Crippen LogP contribution in [0.3, 0.4) is 0 Å². The van der Waals surface area contributed by atoms with E-state index in [-0.39, 0.29) is 37.6 Å². The molecule has 5 aliphatic rings. The molecule has 0 unspecified atom stereocenters. The Kier molecular flexibility index (Phi) is 8.49. The highest BCUT2D eigenvalue weighted by Crippen LogP contribution is 2.65. The van der Waals surface area contributed by atoms with Gasteiger partial charge in [0.1, 0.15) is 29.6 Å². The Labute approximate surface area is 268 Å². The van der Waals surface area contributed by atoms with E-state index in [1.54, 1.807) is 4.90 Å². The van der Waals surface area contributed by atoms with Gasteiger partial charge in [0.25, 0.3) is 0 Å². The molecule has 5 fully saturated rings. The molecule has 1 amide bonds. The summed E-state index contributed by atoms with van der Waals surface area (Å²) in [5, 5.41) is 0. The largest absolute Gasteiger partial charge is 0.488 e. The fraction of sp³-hybridized carbons (Fsp3) is 0.611. The number of likely N-dealkylation sites (tertiary alicyclic amines) is 1. The molecule has 7 rings (SSSR count). The Bertz CT molecular complexity index is 1420. The average Bonchev–Trinajstić information content (AvgIpc) is 3.58. The van der Waals surface area contributed by atoms with Crippen molar-refractivity contribution in [1.29, 1.82) is 0 Å². The average molecular weight is 618 g/mol. The number of benzene rings is 2. The van der Waals surface area contributed by atoms with Crippen molar-refractivity contribution in [3.8, 4) is 5.75 Å². The summed E-state index contributed by atoms with van der Waals surface area (Å²) in [7, 11) is -0.262. The number of carbonyl (C=O) groups excluding carboxylic acids is 2. The Morgan fingerprint density at radius 3 is 2.53 bits per heavy atom. The molecule has 0 radical (unpaired) electrons. The molecule has 2 aromatic rings. The minimum atomic E-state index is -0.658. The zero-order chi connectivity index (χ0) is 32.1.